The summed E-state index contributed by atoms with van der Waals surface area (Å²) in [5, 5.41) is 39.6. The highest BCUT2D eigenvalue weighted by molar-refractivity contribution is 7.18. The molecule has 4 aromatic rings. The van der Waals surface area contributed by atoms with Crippen LogP contribution in [0.5, 0.6) is 0 Å². The van der Waals surface area contributed by atoms with E-state index < -0.39 is 11.7 Å². The van der Waals surface area contributed by atoms with Gasteiger partial charge in [0.15, 0.2) is 5.65 Å². The van der Waals surface area contributed by atoms with Gasteiger partial charge >= 0.3 is 6.10 Å². The number of anilines is 1. The molecule has 0 spiro atoms. The number of nitrogens with zero attached hydrogens (tertiary/aromatic N) is 7. The Balaban J connectivity index is 1.48. The Bertz CT molecular complexity index is 1560. The third-order valence-electron chi connectivity index (χ3n) is 7.04. The Labute approximate surface area is 217 Å². The van der Waals surface area contributed by atoms with E-state index in [-0.39, 0.29) is 24.2 Å². The molecule has 1 saturated heterocycles. The van der Waals surface area contributed by atoms with Crippen molar-refractivity contribution in [1.29, 1.82) is 5.26 Å². The van der Waals surface area contributed by atoms with E-state index in [9.17, 15) is 20.1 Å². The fraction of sp³-hybridized carbons (Fsp3) is 0.440. The third-order valence-corrected chi connectivity index (χ3v) is 7.97. The van der Waals surface area contributed by atoms with Crippen LogP contribution in [0.25, 0.3) is 15.9 Å². The van der Waals surface area contributed by atoms with Crippen LogP contribution in [-0.2, 0) is 12.5 Å². The highest BCUT2D eigenvalue weighted by Gasteiger charge is 2.33. The van der Waals surface area contributed by atoms with E-state index in [1.54, 1.807) is 11.3 Å². The molecule has 11 nitrogen and oxygen atoms in total. The molecule has 5 rings (SSSR count). The Morgan fingerprint density at radius 2 is 2.03 bits per heavy atom. The molecule has 3 aromatic heterocycles. The summed E-state index contributed by atoms with van der Waals surface area (Å²) in [5.41, 5.74) is 2.56. The summed E-state index contributed by atoms with van der Waals surface area (Å²) in [5.74, 6) is 0. The van der Waals surface area contributed by atoms with E-state index in [1.165, 1.54) is 22.5 Å². The lowest BCUT2D eigenvalue weighted by Crippen LogP contribution is -2.54. The molecule has 0 amide bonds. The smallest absolute Gasteiger partial charge is 0.363 e. The number of thiazole rings is 1. The Hall–Kier alpha value is -3.34. The van der Waals surface area contributed by atoms with E-state index in [4.69, 9.17) is 5.26 Å². The average molecular weight is 524 g/mol. The van der Waals surface area contributed by atoms with Crippen molar-refractivity contribution in [3.63, 3.8) is 0 Å². The quantitative estimate of drug-likeness (QED) is 0.322. The van der Waals surface area contributed by atoms with Crippen LogP contribution < -0.4 is 10.5 Å². The second-order valence-electron chi connectivity index (χ2n) is 9.40. The first-order valence-corrected chi connectivity index (χ1v) is 13.0. The molecule has 1 aliphatic rings. The van der Waals surface area contributed by atoms with Crippen LogP contribution in [0.15, 0.2) is 35.3 Å². The second-order valence-corrected chi connectivity index (χ2v) is 10.6. The number of aliphatic hydroxyl groups is 3. The predicted molar refractivity (Wildman–Crippen MR) is 139 cm³/mol. The molecule has 1 aromatic carbocycles. The molecule has 4 heterocycles. The number of benzene rings is 1. The largest absolute Gasteiger partial charge is 0.391 e. The van der Waals surface area contributed by atoms with Gasteiger partial charge in [0.2, 0.25) is 0 Å². The fourth-order valence-corrected chi connectivity index (χ4v) is 6.06. The van der Waals surface area contributed by atoms with E-state index in [0.717, 1.165) is 34.6 Å². The first kappa shape index (κ1) is 25.3. The summed E-state index contributed by atoms with van der Waals surface area (Å²) in [4.78, 5) is 26.5. The number of fused-ring (bicyclic) bond motifs is 2. The minimum absolute atomic E-state index is 0.0310. The van der Waals surface area contributed by atoms with Gasteiger partial charge in [-0.25, -0.2) is 14.5 Å². The number of hydrogen-bond acceptors (Lipinski definition) is 10. The summed E-state index contributed by atoms with van der Waals surface area (Å²) in [6.07, 6.45) is -1.29. The fourth-order valence-electron chi connectivity index (χ4n) is 5.19. The maximum absolute atomic E-state index is 12.9. The van der Waals surface area contributed by atoms with E-state index in [2.05, 4.69) is 51.8 Å². The van der Waals surface area contributed by atoms with Crippen molar-refractivity contribution >= 4 is 32.9 Å². The van der Waals surface area contributed by atoms with Crippen molar-refractivity contribution in [1.82, 2.24) is 24.1 Å². The molecule has 12 heteroatoms. The van der Waals surface area contributed by atoms with Crippen LogP contribution in [0.2, 0.25) is 0 Å². The van der Waals surface area contributed by atoms with Crippen LogP contribution >= 0.6 is 11.3 Å². The summed E-state index contributed by atoms with van der Waals surface area (Å²) in [6.45, 7) is 8.41. The minimum Gasteiger partial charge on any atom is -0.363 e. The minimum atomic E-state index is -3.42. The third kappa shape index (κ3) is 4.60. The lowest BCUT2D eigenvalue weighted by Gasteiger charge is -2.44. The standard InChI is InChI=1S/C25H29N7O4S/c1-4-19-14-29(15(2)17-5-6-20-22(11-17)37-16(3)27-20)9-10-30(19)21-12-23(33)32(25(34,35)36)31-13-18(7-8-26)28-24(21)31/h5-6,11-13,15,19,34-36H,4,7,9-10,14H2,1-3H3. The van der Waals surface area contributed by atoms with Gasteiger partial charge in [0.1, 0.15) is 0 Å². The summed E-state index contributed by atoms with van der Waals surface area (Å²) >= 11 is 1.69. The molecule has 0 aliphatic carbocycles. The molecule has 1 fully saturated rings. The molecule has 1 aliphatic heterocycles. The van der Waals surface area contributed by atoms with E-state index in [0.29, 0.717) is 22.6 Å². The average Bonchev–Trinajstić information content (AvgIpc) is 3.43. The van der Waals surface area contributed by atoms with Crippen molar-refractivity contribution < 1.29 is 15.3 Å². The van der Waals surface area contributed by atoms with Crippen molar-refractivity contribution in [2.45, 2.75) is 51.8 Å². The van der Waals surface area contributed by atoms with Gasteiger partial charge in [0, 0.05) is 37.8 Å². The van der Waals surface area contributed by atoms with Gasteiger partial charge in [0.25, 0.3) is 5.56 Å². The van der Waals surface area contributed by atoms with Gasteiger partial charge in [-0.3, -0.25) is 9.69 Å². The zero-order chi connectivity index (χ0) is 26.5. The van der Waals surface area contributed by atoms with Crippen LogP contribution in [0.4, 0.5) is 5.69 Å². The number of nitriles is 1. The molecule has 2 atom stereocenters. The maximum atomic E-state index is 12.9. The van der Waals surface area contributed by atoms with Gasteiger partial charge < -0.3 is 20.2 Å². The van der Waals surface area contributed by atoms with Gasteiger partial charge in [-0.2, -0.15) is 9.94 Å². The molecular formula is C25H29N7O4S. The highest BCUT2D eigenvalue weighted by atomic mass is 32.1. The number of aryl methyl sites for hydroxylation is 1. The number of piperazine rings is 1. The van der Waals surface area contributed by atoms with Crippen LogP contribution in [-0.4, -0.2) is 65.1 Å². The van der Waals surface area contributed by atoms with Gasteiger partial charge in [-0.05, 0) is 38.0 Å². The van der Waals surface area contributed by atoms with Gasteiger partial charge in [-0.15, -0.1) is 11.3 Å². The summed E-state index contributed by atoms with van der Waals surface area (Å²) in [7, 11) is 0. The molecule has 3 N–H and O–H groups in total. The van der Waals surface area contributed by atoms with Crippen molar-refractivity contribution in [3.8, 4) is 6.07 Å². The molecule has 2 unspecified atom stereocenters. The molecule has 0 bridgehead atoms. The van der Waals surface area contributed by atoms with Crippen molar-refractivity contribution in [2.24, 2.45) is 0 Å². The SMILES string of the molecule is CCC1CN(C(C)c2ccc3nc(C)sc3c2)CCN1c1cc(=O)n(C(O)(O)O)n2cc(CC#N)nc12. The van der Waals surface area contributed by atoms with E-state index in [1.807, 2.05) is 13.0 Å². The zero-order valence-electron chi connectivity index (χ0n) is 20.9. The van der Waals surface area contributed by atoms with Crippen molar-refractivity contribution in [2.75, 3.05) is 24.5 Å². The molecular weight excluding hydrogens is 494 g/mol. The zero-order valence-corrected chi connectivity index (χ0v) is 21.7. The lowest BCUT2D eigenvalue weighted by atomic mass is 10.0. The second kappa shape index (κ2) is 9.51. The normalized spacial score (nSPS) is 18.0. The summed E-state index contributed by atoms with van der Waals surface area (Å²) < 4.78 is 2.69. The number of imidazole rings is 1. The predicted octanol–water partition coefficient (Wildman–Crippen LogP) is 1.69. The van der Waals surface area contributed by atoms with Crippen LogP contribution in [0.3, 0.4) is 0 Å². The first-order chi connectivity index (χ1) is 17.6. The number of rotatable bonds is 6. The highest BCUT2D eigenvalue weighted by Crippen LogP contribution is 2.32. The van der Waals surface area contributed by atoms with Crippen LogP contribution in [0, 0.1) is 18.3 Å². The summed E-state index contributed by atoms with van der Waals surface area (Å²) in [6, 6.07) is 9.94. The molecule has 37 heavy (non-hydrogen) atoms. The maximum Gasteiger partial charge on any atom is 0.391 e. The van der Waals surface area contributed by atoms with Crippen LogP contribution in [0.1, 0.15) is 42.6 Å². The Morgan fingerprint density at radius 1 is 1.24 bits per heavy atom. The lowest BCUT2D eigenvalue weighted by molar-refractivity contribution is -0.384. The van der Waals surface area contributed by atoms with Gasteiger partial charge in [-0.1, -0.05) is 13.0 Å². The molecule has 0 radical (unpaired) electrons. The first-order valence-electron chi connectivity index (χ1n) is 12.2. The Morgan fingerprint density at radius 3 is 2.73 bits per heavy atom. The van der Waals surface area contributed by atoms with E-state index >= 15 is 0 Å². The van der Waals surface area contributed by atoms with Crippen molar-refractivity contribution in [3.05, 3.63) is 57.1 Å². The topological polar surface area (TPSA) is 143 Å². The molecule has 0 saturated carbocycles. The number of hydrogen-bond donors (Lipinski definition) is 3. The number of aromatic nitrogens is 4. The monoisotopic (exact) mass is 523 g/mol. The van der Waals surface area contributed by atoms with Gasteiger partial charge in [0.05, 0.1) is 45.3 Å². The molecule has 194 valence electrons. The Kier molecular flexibility index (Phi) is 6.51.